The maximum Gasteiger partial charge on any atom is 0.0633 e. The van der Waals surface area contributed by atoms with Gasteiger partial charge in [0.25, 0.3) is 0 Å². The third kappa shape index (κ3) is 2.31. The van der Waals surface area contributed by atoms with Gasteiger partial charge >= 0.3 is 0 Å². The second kappa shape index (κ2) is 4.39. The Balaban J connectivity index is 4.49. The first-order valence-electron chi connectivity index (χ1n) is 4.99. The summed E-state index contributed by atoms with van der Waals surface area (Å²) in [5, 5.41) is 0.191. The average molecular weight is 163 g/mol. The fraction of sp³-hybridized carbons (Fsp3) is 1.00. The maximum atomic E-state index is 5.73. The average Bonchev–Trinajstić information content (AvgIpc) is 2.04. The van der Waals surface area contributed by atoms with E-state index in [0.717, 1.165) is 0 Å². The standard InChI is InChI=1S/C10H21B2/c1-6-8-10(5,12-11)9(3,4)7-2/h6-8H2,1-5H3. The zero-order valence-corrected chi connectivity index (χ0v) is 9.28. The molecule has 1 atom stereocenters. The summed E-state index contributed by atoms with van der Waals surface area (Å²) in [6.07, 6.45) is 3.56. The van der Waals surface area contributed by atoms with E-state index in [1.807, 2.05) is 7.17 Å². The molecule has 12 heavy (non-hydrogen) atoms. The second-order valence-electron chi connectivity index (χ2n) is 4.57. The fourth-order valence-corrected chi connectivity index (χ4v) is 1.57. The minimum Gasteiger partial charge on any atom is -0.0672 e. The third-order valence-electron chi connectivity index (χ3n) is 3.57. The highest BCUT2D eigenvalue weighted by Gasteiger charge is 2.36. The lowest BCUT2D eigenvalue weighted by Crippen LogP contribution is -2.33. The first kappa shape index (κ1) is 12.1. The molecule has 0 nitrogen and oxygen atoms in total. The van der Waals surface area contributed by atoms with Gasteiger partial charge in [-0.05, 0) is 5.41 Å². The zero-order chi connectivity index (χ0) is 9.83. The molecular formula is C10H21B2. The molecule has 67 valence electrons. The van der Waals surface area contributed by atoms with Gasteiger partial charge in [-0.1, -0.05) is 59.2 Å². The molecule has 0 heterocycles. The van der Waals surface area contributed by atoms with Gasteiger partial charge in [0.1, 0.15) is 0 Å². The smallest absolute Gasteiger partial charge is 0.0633 e. The molecule has 0 aromatic rings. The zero-order valence-electron chi connectivity index (χ0n) is 9.28. The van der Waals surface area contributed by atoms with Crippen molar-refractivity contribution in [1.29, 1.82) is 0 Å². The number of hydrogen-bond donors (Lipinski definition) is 0. The van der Waals surface area contributed by atoms with Crippen LogP contribution in [-0.2, 0) is 0 Å². The van der Waals surface area contributed by atoms with Gasteiger partial charge in [0.05, 0.1) is 7.17 Å². The van der Waals surface area contributed by atoms with Crippen molar-refractivity contribution in [3.63, 3.8) is 0 Å². The Bertz CT molecular complexity index is 132. The Morgan fingerprint density at radius 2 is 1.67 bits per heavy atom. The van der Waals surface area contributed by atoms with Gasteiger partial charge in [0.2, 0.25) is 0 Å². The summed E-state index contributed by atoms with van der Waals surface area (Å²) in [6.45, 7) is 11.3. The Morgan fingerprint density at radius 3 is 1.92 bits per heavy atom. The lowest BCUT2D eigenvalue weighted by atomic mass is 9.32. The Morgan fingerprint density at radius 1 is 1.17 bits per heavy atom. The monoisotopic (exact) mass is 163 g/mol. The molecule has 0 saturated carbocycles. The summed E-state index contributed by atoms with van der Waals surface area (Å²) in [5.41, 5.74) is 0.317. The summed E-state index contributed by atoms with van der Waals surface area (Å²) in [6, 6.07) is 0. The lowest BCUT2D eigenvalue weighted by molar-refractivity contribution is 0.225. The van der Waals surface area contributed by atoms with Gasteiger partial charge < -0.3 is 0 Å². The van der Waals surface area contributed by atoms with Crippen LogP contribution >= 0.6 is 0 Å². The molecule has 0 amide bonds. The number of rotatable bonds is 5. The van der Waals surface area contributed by atoms with Crippen LogP contribution in [-0.4, -0.2) is 14.9 Å². The van der Waals surface area contributed by atoms with E-state index in [1.54, 1.807) is 0 Å². The predicted molar refractivity (Wildman–Crippen MR) is 58.9 cm³/mol. The minimum absolute atomic E-state index is 0.191. The van der Waals surface area contributed by atoms with Crippen molar-refractivity contribution in [2.45, 2.75) is 59.2 Å². The van der Waals surface area contributed by atoms with Crippen LogP contribution in [0.3, 0.4) is 0 Å². The van der Waals surface area contributed by atoms with E-state index in [0.29, 0.717) is 5.41 Å². The summed E-state index contributed by atoms with van der Waals surface area (Å²) >= 11 is 0. The first-order chi connectivity index (χ1) is 5.43. The molecule has 2 heteroatoms. The molecule has 0 aromatic heterocycles. The highest BCUT2D eigenvalue weighted by atomic mass is 14.4. The highest BCUT2D eigenvalue weighted by molar-refractivity contribution is 6.91. The molecule has 0 bridgehead atoms. The predicted octanol–water partition coefficient (Wildman–Crippen LogP) is 3.19. The summed E-state index contributed by atoms with van der Waals surface area (Å²) < 4.78 is 0. The van der Waals surface area contributed by atoms with E-state index in [-0.39, 0.29) is 5.31 Å². The first-order valence-corrected chi connectivity index (χ1v) is 4.99. The Kier molecular flexibility index (Phi) is 4.44. The molecule has 0 aliphatic rings. The third-order valence-corrected chi connectivity index (χ3v) is 3.57. The molecule has 0 aliphatic carbocycles. The van der Waals surface area contributed by atoms with E-state index in [2.05, 4.69) is 34.6 Å². The molecule has 0 spiro atoms. The van der Waals surface area contributed by atoms with E-state index >= 15 is 0 Å². The van der Waals surface area contributed by atoms with Crippen molar-refractivity contribution in [3.8, 4) is 0 Å². The molecular weight excluding hydrogens is 142 g/mol. The quantitative estimate of drug-likeness (QED) is 0.545. The molecule has 1 unspecified atom stereocenters. The van der Waals surface area contributed by atoms with Crippen LogP contribution in [0.15, 0.2) is 0 Å². The molecule has 0 N–H and O–H groups in total. The van der Waals surface area contributed by atoms with Gasteiger partial charge in [0.15, 0.2) is 0 Å². The maximum absolute atomic E-state index is 5.73. The van der Waals surface area contributed by atoms with Gasteiger partial charge in [-0.2, -0.15) is 0 Å². The van der Waals surface area contributed by atoms with Crippen LogP contribution in [0.4, 0.5) is 0 Å². The van der Waals surface area contributed by atoms with Crippen molar-refractivity contribution < 1.29 is 0 Å². The molecule has 0 aliphatic heterocycles. The van der Waals surface area contributed by atoms with Crippen LogP contribution in [0.2, 0.25) is 5.31 Å². The summed E-state index contributed by atoms with van der Waals surface area (Å²) in [5.74, 6) is 0. The topological polar surface area (TPSA) is 0 Å². The van der Waals surface area contributed by atoms with Crippen LogP contribution in [0.25, 0.3) is 0 Å². The highest BCUT2D eigenvalue weighted by Crippen LogP contribution is 2.49. The van der Waals surface area contributed by atoms with E-state index in [4.69, 9.17) is 7.74 Å². The van der Waals surface area contributed by atoms with Crippen molar-refractivity contribution in [3.05, 3.63) is 0 Å². The molecule has 0 saturated heterocycles. The fourth-order valence-electron chi connectivity index (χ4n) is 1.57. The SMILES string of the molecule is [B][B]C(C)(CCC)C(C)(C)CC. The molecule has 0 aromatic carbocycles. The van der Waals surface area contributed by atoms with Gasteiger partial charge in [0, 0.05) is 7.74 Å². The van der Waals surface area contributed by atoms with Crippen molar-refractivity contribution in [2.24, 2.45) is 5.41 Å². The van der Waals surface area contributed by atoms with Crippen molar-refractivity contribution >= 4 is 14.9 Å². The Hall–Kier alpha value is 0.130. The summed E-state index contributed by atoms with van der Waals surface area (Å²) in [7, 11) is 7.62. The van der Waals surface area contributed by atoms with E-state index in [1.165, 1.54) is 19.3 Å². The van der Waals surface area contributed by atoms with E-state index in [9.17, 15) is 0 Å². The van der Waals surface area contributed by atoms with E-state index < -0.39 is 0 Å². The minimum atomic E-state index is 0.191. The largest absolute Gasteiger partial charge is 0.0672 e. The van der Waals surface area contributed by atoms with Gasteiger partial charge in [-0.25, -0.2) is 0 Å². The van der Waals surface area contributed by atoms with Crippen LogP contribution in [0, 0.1) is 5.41 Å². The molecule has 0 rings (SSSR count). The van der Waals surface area contributed by atoms with Crippen LogP contribution in [0.1, 0.15) is 53.9 Å². The Labute approximate surface area is 80.1 Å². The van der Waals surface area contributed by atoms with Crippen LogP contribution in [0.5, 0.6) is 0 Å². The van der Waals surface area contributed by atoms with Crippen molar-refractivity contribution in [2.75, 3.05) is 0 Å². The van der Waals surface area contributed by atoms with Gasteiger partial charge in [-0.3, -0.25) is 0 Å². The summed E-state index contributed by atoms with van der Waals surface area (Å²) in [4.78, 5) is 0. The van der Waals surface area contributed by atoms with Crippen LogP contribution < -0.4 is 0 Å². The second-order valence-corrected chi connectivity index (χ2v) is 4.57. The molecule has 0 fully saturated rings. The van der Waals surface area contributed by atoms with Crippen molar-refractivity contribution in [1.82, 2.24) is 0 Å². The lowest BCUT2D eigenvalue weighted by Gasteiger charge is -2.44. The molecule has 3 radical (unpaired) electrons. The normalized spacial score (nSPS) is 17.1. The van der Waals surface area contributed by atoms with Gasteiger partial charge in [-0.15, -0.1) is 0 Å². The number of hydrogen-bond acceptors (Lipinski definition) is 0.